The predicted octanol–water partition coefficient (Wildman–Crippen LogP) is 3.14. The molecule has 0 aliphatic rings. The molecule has 12 heteroatoms. The van der Waals surface area contributed by atoms with Gasteiger partial charge in [0.2, 0.25) is 5.91 Å². The molecule has 11 nitrogen and oxygen atoms in total. The molecule has 206 valence electrons. The van der Waals surface area contributed by atoms with Crippen LogP contribution in [0.2, 0.25) is 0 Å². The lowest BCUT2D eigenvalue weighted by molar-refractivity contribution is -0.141. The number of aromatic nitrogens is 1. The Morgan fingerprint density at radius 3 is 2.51 bits per heavy atom. The van der Waals surface area contributed by atoms with Gasteiger partial charge in [-0.3, -0.25) is 9.59 Å². The van der Waals surface area contributed by atoms with Crippen LogP contribution in [-0.4, -0.2) is 53.5 Å². The van der Waals surface area contributed by atoms with E-state index in [0.717, 1.165) is 11.1 Å². The summed E-state index contributed by atoms with van der Waals surface area (Å²) in [6, 6.07) is 11.2. The standard InChI is InChI=1S/C27H31N5O6S/c1-16-6-4-5-7-21(16)31-27(37)32-22-9-8-18(11-24(22)38-3)10-19(34)13-28-15-25-29-14-20(39-25)12-23(26(35)36)30-17(2)33/h4-9,11,14,23,28H,10,12-13,15H2,1-3H3,(H,30,33)(H,35,36)(H2,31,32,37). The lowest BCUT2D eigenvalue weighted by Gasteiger charge is -2.13. The van der Waals surface area contributed by atoms with Gasteiger partial charge in [-0.2, -0.15) is 0 Å². The number of aliphatic carboxylic acids is 1. The molecule has 0 saturated carbocycles. The van der Waals surface area contributed by atoms with Gasteiger partial charge in [0, 0.05) is 43.1 Å². The van der Waals surface area contributed by atoms with E-state index in [-0.39, 0.29) is 25.2 Å². The van der Waals surface area contributed by atoms with Crippen LogP contribution in [0.15, 0.2) is 48.7 Å². The van der Waals surface area contributed by atoms with Gasteiger partial charge in [0.05, 0.1) is 19.3 Å². The molecule has 5 N–H and O–H groups in total. The highest BCUT2D eigenvalue weighted by Crippen LogP contribution is 2.26. The zero-order valence-corrected chi connectivity index (χ0v) is 22.7. The number of ether oxygens (including phenoxy) is 1. The first kappa shape index (κ1) is 29.3. The van der Waals surface area contributed by atoms with Crippen molar-refractivity contribution in [3.05, 3.63) is 69.7 Å². The predicted molar refractivity (Wildman–Crippen MR) is 148 cm³/mol. The molecule has 1 aromatic heterocycles. The van der Waals surface area contributed by atoms with Gasteiger partial charge in [0.15, 0.2) is 5.78 Å². The topological polar surface area (TPSA) is 159 Å². The van der Waals surface area contributed by atoms with E-state index in [9.17, 15) is 24.3 Å². The van der Waals surface area contributed by atoms with Crippen molar-refractivity contribution in [2.75, 3.05) is 24.3 Å². The number of nitrogens with zero attached hydrogens (tertiary/aromatic N) is 1. The van der Waals surface area contributed by atoms with Crippen molar-refractivity contribution in [2.45, 2.75) is 39.3 Å². The molecule has 0 radical (unpaired) electrons. The number of ketones is 1. The number of benzene rings is 2. The SMILES string of the molecule is COc1cc(CC(=O)CNCc2ncc(CC(NC(C)=O)C(=O)O)s2)ccc1NC(=O)Nc1ccccc1C. The van der Waals surface area contributed by atoms with E-state index in [4.69, 9.17) is 4.74 Å². The molecule has 3 rings (SSSR count). The number of para-hydroxylation sites is 1. The molecule has 1 heterocycles. The first-order valence-electron chi connectivity index (χ1n) is 12.1. The number of nitrogens with one attached hydrogen (secondary N) is 4. The van der Waals surface area contributed by atoms with Crippen molar-refractivity contribution in [3.8, 4) is 5.75 Å². The summed E-state index contributed by atoms with van der Waals surface area (Å²) in [5, 5.41) is 21.0. The molecular formula is C27H31N5O6S. The summed E-state index contributed by atoms with van der Waals surface area (Å²) < 4.78 is 5.41. The second-order valence-electron chi connectivity index (χ2n) is 8.76. The number of carboxylic acids is 1. The number of thiazole rings is 1. The number of carbonyl (C=O) groups is 4. The van der Waals surface area contributed by atoms with E-state index in [1.54, 1.807) is 24.4 Å². The lowest BCUT2D eigenvalue weighted by atomic mass is 10.1. The average Bonchev–Trinajstić information content (AvgIpc) is 3.32. The molecule has 0 fully saturated rings. The van der Waals surface area contributed by atoms with Gasteiger partial charge >= 0.3 is 12.0 Å². The van der Waals surface area contributed by atoms with Gasteiger partial charge in [-0.05, 0) is 36.2 Å². The minimum atomic E-state index is -1.12. The monoisotopic (exact) mass is 553 g/mol. The Balaban J connectivity index is 1.48. The van der Waals surface area contributed by atoms with Crippen LogP contribution in [0.3, 0.4) is 0 Å². The third kappa shape index (κ3) is 9.20. The molecule has 39 heavy (non-hydrogen) atoms. The summed E-state index contributed by atoms with van der Waals surface area (Å²) in [5.41, 5.74) is 2.84. The summed E-state index contributed by atoms with van der Waals surface area (Å²) in [4.78, 5) is 52.5. The molecule has 0 aliphatic carbocycles. The maximum atomic E-state index is 12.5. The van der Waals surface area contributed by atoms with Crippen molar-refractivity contribution >= 4 is 46.4 Å². The third-order valence-corrected chi connectivity index (χ3v) is 6.61. The largest absolute Gasteiger partial charge is 0.495 e. The molecule has 0 aliphatic heterocycles. The number of amides is 3. The van der Waals surface area contributed by atoms with Gasteiger partial charge < -0.3 is 31.1 Å². The maximum Gasteiger partial charge on any atom is 0.326 e. The number of methoxy groups -OCH3 is 1. The van der Waals surface area contributed by atoms with Gasteiger partial charge in [-0.1, -0.05) is 24.3 Å². The van der Waals surface area contributed by atoms with E-state index in [1.165, 1.54) is 25.4 Å². The average molecular weight is 554 g/mol. The maximum absolute atomic E-state index is 12.5. The van der Waals surface area contributed by atoms with Gasteiger partial charge in [-0.15, -0.1) is 11.3 Å². The Bertz CT molecular complexity index is 1340. The molecule has 0 spiro atoms. The molecule has 3 aromatic rings. The number of hydrogen-bond acceptors (Lipinski definition) is 8. The number of anilines is 2. The van der Waals surface area contributed by atoms with Crippen LogP contribution >= 0.6 is 11.3 Å². The van der Waals surface area contributed by atoms with Gasteiger partial charge in [0.25, 0.3) is 0 Å². The highest BCUT2D eigenvalue weighted by atomic mass is 32.1. The second kappa shape index (κ2) is 14.0. The van der Waals surface area contributed by atoms with E-state index in [2.05, 4.69) is 26.3 Å². The van der Waals surface area contributed by atoms with Crippen LogP contribution in [0, 0.1) is 6.92 Å². The van der Waals surface area contributed by atoms with Crippen LogP contribution < -0.4 is 26.0 Å². The summed E-state index contributed by atoms with van der Waals surface area (Å²) in [6.07, 6.45) is 1.87. The van der Waals surface area contributed by atoms with Gasteiger partial charge in [-0.25, -0.2) is 14.6 Å². The second-order valence-corrected chi connectivity index (χ2v) is 9.96. The van der Waals surface area contributed by atoms with Crippen molar-refractivity contribution in [2.24, 2.45) is 0 Å². The third-order valence-electron chi connectivity index (χ3n) is 5.59. The minimum absolute atomic E-state index is 0.0524. The first-order valence-corrected chi connectivity index (χ1v) is 12.9. The quantitative estimate of drug-likeness (QED) is 0.216. The van der Waals surface area contributed by atoms with Gasteiger partial charge in [0.1, 0.15) is 16.8 Å². The van der Waals surface area contributed by atoms with E-state index >= 15 is 0 Å². The Kier molecular flexibility index (Phi) is 10.5. The smallest absolute Gasteiger partial charge is 0.326 e. The van der Waals surface area contributed by atoms with Crippen LogP contribution in [0.5, 0.6) is 5.75 Å². The van der Waals surface area contributed by atoms with Crippen LogP contribution in [0.25, 0.3) is 0 Å². The van der Waals surface area contributed by atoms with Crippen LogP contribution in [-0.2, 0) is 33.8 Å². The van der Waals surface area contributed by atoms with E-state index in [1.807, 2.05) is 31.2 Å². The highest BCUT2D eigenvalue weighted by Gasteiger charge is 2.20. The lowest BCUT2D eigenvalue weighted by Crippen LogP contribution is -2.40. The zero-order valence-electron chi connectivity index (χ0n) is 21.9. The summed E-state index contributed by atoms with van der Waals surface area (Å²) in [6.45, 7) is 3.62. The number of hydrogen-bond donors (Lipinski definition) is 5. The Morgan fingerprint density at radius 1 is 1.08 bits per heavy atom. The molecule has 1 atom stereocenters. The van der Waals surface area contributed by atoms with Crippen molar-refractivity contribution in [1.29, 1.82) is 0 Å². The fraction of sp³-hybridized carbons (Fsp3) is 0.296. The molecule has 0 saturated heterocycles. The van der Waals surface area contributed by atoms with Crippen LogP contribution in [0.1, 0.15) is 27.9 Å². The fourth-order valence-electron chi connectivity index (χ4n) is 3.71. The molecule has 1 unspecified atom stereocenters. The van der Waals surface area contributed by atoms with E-state index in [0.29, 0.717) is 33.6 Å². The number of aryl methyl sites for hydroxylation is 1. The molecule has 3 amide bonds. The Labute approximate surface area is 230 Å². The number of carboxylic acid groups (broad SMARTS) is 1. The number of urea groups is 1. The van der Waals surface area contributed by atoms with Crippen molar-refractivity contribution in [3.63, 3.8) is 0 Å². The van der Waals surface area contributed by atoms with Crippen molar-refractivity contribution in [1.82, 2.24) is 15.6 Å². The molecular weight excluding hydrogens is 522 g/mol. The normalized spacial score (nSPS) is 11.4. The summed E-state index contributed by atoms with van der Waals surface area (Å²) >= 11 is 1.32. The number of carbonyl (C=O) groups excluding carboxylic acids is 3. The zero-order chi connectivity index (χ0) is 28.4. The summed E-state index contributed by atoms with van der Waals surface area (Å²) in [7, 11) is 1.49. The van der Waals surface area contributed by atoms with E-state index < -0.39 is 23.9 Å². The Hall–Kier alpha value is -4.29. The number of rotatable bonds is 13. The molecule has 0 bridgehead atoms. The van der Waals surface area contributed by atoms with Crippen LogP contribution in [0.4, 0.5) is 16.2 Å². The highest BCUT2D eigenvalue weighted by molar-refractivity contribution is 7.11. The summed E-state index contributed by atoms with van der Waals surface area (Å²) in [5.74, 6) is -1.15. The Morgan fingerprint density at radius 2 is 1.82 bits per heavy atom. The minimum Gasteiger partial charge on any atom is -0.495 e. The fourth-order valence-corrected chi connectivity index (χ4v) is 4.65. The molecule has 2 aromatic carbocycles. The van der Waals surface area contributed by atoms with Crippen molar-refractivity contribution < 1.29 is 29.0 Å². The first-order chi connectivity index (χ1) is 18.6. The number of Topliss-reactive ketones (excluding diaryl/α,β-unsaturated/α-hetero) is 1.